The van der Waals surface area contributed by atoms with Crippen LogP contribution in [-0.2, 0) is 24.2 Å². The quantitative estimate of drug-likeness (QED) is 0.483. The molecule has 0 saturated carbocycles. The van der Waals surface area contributed by atoms with Crippen molar-refractivity contribution in [2.45, 2.75) is 63.7 Å². The molecule has 5 aliphatic heterocycles. The predicted octanol–water partition coefficient (Wildman–Crippen LogP) is 2.57. The number of fused-ring (bicyclic) bond motifs is 6. The molecule has 12 heteroatoms. The van der Waals surface area contributed by atoms with Gasteiger partial charge in [0.2, 0.25) is 5.75 Å². The maximum Gasteiger partial charge on any atom is 0.282 e. The molecule has 0 spiro atoms. The van der Waals surface area contributed by atoms with Crippen molar-refractivity contribution in [3.05, 3.63) is 35.7 Å². The number of nitrogens with zero attached hydrogens (tertiary/aromatic N) is 8. The number of anilines is 3. The van der Waals surface area contributed by atoms with Crippen molar-refractivity contribution in [1.82, 2.24) is 24.8 Å². The topological polar surface area (TPSA) is 90.4 Å². The number of hydrogen-bond donors (Lipinski definition) is 0. The van der Waals surface area contributed by atoms with Gasteiger partial charge in [-0.1, -0.05) is 6.58 Å². The minimum absolute atomic E-state index is 0.104. The van der Waals surface area contributed by atoms with Crippen molar-refractivity contribution in [2.24, 2.45) is 0 Å². The number of halogens is 1. The highest BCUT2D eigenvalue weighted by molar-refractivity contribution is 5.91. The van der Waals surface area contributed by atoms with Crippen LogP contribution in [0.3, 0.4) is 0 Å². The Morgan fingerprint density at radius 2 is 1.98 bits per heavy atom. The van der Waals surface area contributed by atoms with Gasteiger partial charge in [0.25, 0.3) is 11.8 Å². The number of piperazine rings is 1. The Hall–Kier alpha value is -3.67. The van der Waals surface area contributed by atoms with E-state index in [2.05, 4.69) is 45.3 Å². The average molecular weight is 593 g/mol. The molecular weight excluding hydrogens is 551 g/mol. The van der Waals surface area contributed by atoms with Gasteiger partial charge in [-0.15, -0.1) is 0 Å². The number of rotatable bonds is 5. The highest BCUT2D eigenvalue weighted by atomic mass is 19.1. The Balaban J connectivity index is 1.25. The van der Waals surface area contributed by atoms with Crippen LogP contribution in [0, 0.1) is 0 Å². The number of ether oxygens (including phenoxy) is 2. The SMILES string of the molecule is C=C(F)C(=O)N1C[C@@H]2COc3c(OC[C@@H]4CCCN4C)nc4c(c3N2C[C@H]1C)CCN(c1ncnc2c1N(C)CCC2)C4. The van der Waals surface area contributed by atoms with E-state index in [0.29, 0.717) is 50.5 Å². The van der Waals surface area contributed by atoms with E-state index in [1.165, 1.54) is 0 Å². The number of likely N-dealkylation sites (tertiary alicyclic amines) is 1. The fourth-order valence-corrected chi connectivity index (χ4v) is 7.47. The van der Waals surface area contributed by atoms with E-state index in [1.807, 2.05) is 6.92 Å². The Bertz CT molecular complexity index is 1440. The lowest BCUT2D eigenvalue weighted by molar-refractivity contribution is -0.131. The van der Waals surface area contributed by atoms with Gasteiger partial charge in [-0.25, -0.2) is 19.3 Å². The summed E-state index contributed by atoms with van der Waals surface area (Å²) in [7, 11) is 4.26. The number of amides is 1. The molecule has 2 aromatic heterocycles. The van der Waals surface area contributed by atoms with E-state index >= 15 is 0 Å². The molecular formula is C31H41FN8O3. The minimum atomic E-state index is -0.927. The predicted molar refractivity (Wildman–Crippen MR) is 162 cm³/mol. The first-order chi connectivity index (χ1) is 20.8. The third-order valence-corrected chi connectivity index (χ3v) is 9.84. The van der Waals surface area contributed by atoms with Crippen LogP contribution in [0.4, 0.5) is 21.6 Å². The van der Waals surface area contributed by atoms with Crippen molar-refractivity contribution >= 4 is 23.1 Å². The fraction of sp³-hybridized carbons (Fsp3) is 0.613. The maximum atomic E-state index is 13.9. The lowest BCUT2D eigenvalue weighted by Crippen LogP contribution is -2.62. The van der Waals surface area contributed by atoms with Gasteiger partial charge in [-0.3, -0.25) is 4.79 Å². The van der Waals surface area contributed by atoms with Gasteiger partial charge in [-0.2, -0.15) is 0 Å². The smallest absolute Gasteiger partial charge is 0.282 e. The molecule has 2 fully saturated rings. The summed E-state index contributed by atoms with van der Waals surface area (Å²) in [5.74, 6) is 0.593. The number of hydrogen-bond acceptors (Lipinski definition) is 10. The number of pyridine rings is 1. The molecule has 0 bridgehead atoms. The summed E-state index contributed by atoms with van der Waals surface area (Å²) < 4.78 is 26.8. The highest BCUT2D eigenvalue weighted by Gasteiger charge is 2.43. The van der Waals surface area contributed by atoms with Gasteiger partial charge < -0.3 is 34.0 Å². The summed E-state index contributed by atoms with van der Waals surface area (Å²) in [6.07, 6.45) is 6.76. The molecule has 43 heavy (non-hydrogen) atoms. The second-order valence-electron chi connectivity index (χ2n) is 12.6. The van der Waals surface area contributed by atoms with Gasteiger partial charge in [-0.05, 0) is 52.6 Å². The highest BCUT2D eigenvalue weighted by Crippen LogP contribution is 2.47. The number of aryl methyl sites for hydroxylation is 1. The monoisotopic (exact) mass is 592 g/mol. The van der Waals surface area contributed by atoms with Gasteiger partial charge in [0, 0.05) is 50.9 Å². The number of carbonyl (C=O) groups excluding carboxylic acids is 1. The second kappa shape index (κ2) is 11.1. The zero-order valence-electron chi connectivity index (χ0n) is 25.4. The molecule has 0 N–H and O–H groups in total. The molecule has 0 radical (unpaired) electrons. The zero-order chi connectivity index (χ0) is 29.8. The van der Waals surface area contributed by atoms with Crippen molar-refractivity contribution in [2.75, 3.05) is 74.7 Å². The molecule has 7 heterocycles. The van der Waals surface area contributed by atoms with E-state index < -0.39 is 11.7 Å². The summed E-state index contributed by atoms with van der Waals surface area (Å²) >= 11 is 0. The van der Waals surface area contributed by atoms with Crippen LogP contribution in [-0.4, -0.2) is 109 Å². The van der Waals surface area contributed by atoms with Crippen molar-refractivity contribution < 1.29 is 18.7 Å². The van der Waals surface area contributed by atoms with Crippen LogP contribution < -0.4 is 24.2 Å². The molecule has 0 unspecified atom stereocenters. The van der Waals surface area contributed by atoms with E-state index in [1.54, 1.807) is 11.2 Å². The normalized spacial score (nSPS) is 25.0. The second-order valence-corrected chi connectivity index (χ2v) is 12.6. The van der Waals surface area contributed by atoms with E-state index in [9.17, 15) is 9.18 Å². The molecule has 7 rings (SSSR count). The Morgan fingerprint density at radius 3 is 2.77 bits per heavy atom. The Labute approximate surface area is 252 Å². The van der Waals surface area contributed by atoms with Crippen LogP contribution in [0.2, 0.25) is 0 Å². The van der Waals surface area contributed by atoms with E-state index in [0.717, 1.165) is 85.9 Å². The first kappa shape index (κ1) is 28.1. The average Bonchev–Trinajstić information content (AvgIpc) is 3.42. The summed E-state index contributed by atoms with van der Waals surface area (Å²) in [4.78, 5) is 37.9. The maximum absolute atomic E-state index is 13.9. The molecule has 0 aliphatic carbocycles. The van der Waals surface area contributed by atoms with E-state index in [4.69, 9.17) is 19.4 Å². The fourth-order valence-electron chi connectivity index (χ4n) is 7.47. The van der Waals surface area contributed by atoms with Gasteiger partial charge >= 0.3 is 0 Å². The number of likely N-dealkylation sites (N-methyl/N-ethyl adjacent to an activating group) is 1. The molecule has 3 atom stereocenters. The van der Waals surface area contributed by atoms with Crippen molar-refractivity contribution in [1.29, 1.82) is 0 Å². The lowest BCUT2D eigenvalue weighted by atomic mass is 9.96. The molecule has 2 aromatic rings. The molecule has 230 valence electrons. The Morgan fingerprint density at radius 1 is 1.12 bits per heavy atom. The molecule has 1 amide bonds. The van der Waals surface area contributed by atoms with Gasteiger partial charge in [0.15, 0.2) is 11.6 Å². The van der Waals surface area contributed by atoms with Gasteiger partial charge in [0.1, 0.15) is 25.2 Å². The summed E-state index contributed by atoms with van der Waals surface area (Å²) in [6, 6.07) is 0.0475. The third-order valence-electron chi connectivity index (χ3n) is 9.84. The summed E-state index contributed by atoms with van der Waals surface area (Å²) in [6.45, 7) is 10.5. The molecule has 0 aromatic carbocycles. The van der Waals surface area contributed by atoms with Crippen molar-refractivity contribution in [3.8, 4) is 11.6 Å². The number of aromatic nitrogens is 3. The molecule has 2 saturated heterocycles. The largest absolute Gasteiger partial charge is 0.484 e. The minimum Gasteiger partial charge on any atom is -0.484 e. The van der Waals surface area contributed by atoms with Crippen LogP contribution in [0.5, 0.6) is 11.6 Å². The lowest BCUT2D eigenvalue weighted by Gasteiger charge is -2.49. The van der Waals surface area contributed by atoms with Crippen LogP contribution in [0.15, 0.2) is 18.7 Å². The molecule has 5 aliphatic rings. The van der Waals surface area contributed by atoms with Crippen LogP contribution >= 0.6 is 0 Å². The summed E-state index contributed by atoms with van der Waals surface area (Å²) in [5, 5.41) is 0. The first-order valence-corrected chi connectivity index (χ1v) is 15.5. The first-order valence-electron chi connectivity index (χ1n) is 15.5. The zero-order valence-corrected chi connectivity index (χ0v) is 25.4. The number of carbonyl (C=O) groups is 1. The van der Waals surface area contributed by atoms with Gasteiger partial charge in [0.05, 0.1) is 29.7 Å². The Kier molecular flexibility index (Phi) is 7.27. The van der Waals surface area contributed by atoms with Crippen LogP contribution in [0.1, 0.15) is 43.1 Å². The van der Waals surface area contributed by atoms with Crippen LogP contribution in [0.25, 0.3) is 0 Å². The summed E-state index contributed by atoms with van der Waals surface area (Å²) in [5.41, 5.74) is 5.33. The van der Waals surface area contributed by atoms with E-state index in [-0.39, 0.29) is 12.1 Å². The molecule has 11 nitrogen and oxygen atoms in total. The van der Waals surface area contributed by atoms with Crippen molar-refractivity contribution in [3.63, 3.8) is 0 Å². The standard InChI is InChI=1S/C31H41FN8O3/c1-19-13-40-22(14-39(19)31(41)20(2)32)17-42-28-26(40)23-9-12-38(29-27-24(33-18-34-29)8-6-11-37(27)4)15-25(23)35-30(28)43-16-21-7-5-10-36(21)3/h18-19,21-22H,2,5-17H2,1,3-4H3/t19-,21+,22-/m1/s1. The third kappa shape index (κ3) is 4.93.